The van der Waals surface area contributed by atoms with Crippen molar-refractivity contribution < 1.29 is 8.95 Å². The molecule has 0 amide bonds. The highest BCUT2D eigenvalue weighted by atomic mass is 32.2. The second-order valence-corrected chi connectivity index (χ2v) is 7.84. The highest BCUT2D eigenvalue weighted by Gasteiger charge is 2.36. The van der Waals surface area contributed by atoms with Gasteiger partial charge in [-0.25, -0.2) is 0 Å². The monoisotopic (exact) mass is 306 g/mol. The molecule has 0 bridgehead atoms. The fourth-order valence-corrected chi connectivity index (χ4v) is 4.65. The first kappa shape index (κ1) is 16.3. The third-order valence-electron chi connectivity index (χ3n) is 4.43. The summed E-state index contributed by atoms with van der Waals surface area (Å²) >= 11 is 0. The predicted molar refractivity (Wildman–Crippen MR) is 90.5 cm³/mol. The molecule has 0 aromatic heterocycles. The summed E-state index contributed by atoms with van der Waals surface area (Å²) in [5.41, 5.74) is 2.28. The third-order valence-corrected chi connectivity index (χ3v) is 6.66. The Morgan fingerprint density at radius 1 is 1.29 bits per heavy atom. The molecule has 0 radical (unpaired) electrons. The van der Waals surface area contributed by atoms with E-state index in [-0.39, 0.29) is 4.75 Å². The molecule has 0 spiro atoms. The van der Waals surface area contributed by atoms with Crippen molar-refractivity contribution in [2.75, 3.05) is 12.4 Å². The largest absolute Gasteiger partial charge is 0.499 e. The van der Waals surface area contributed by atoms with Gasteiger partial charge < -0.3 is 4.74 Å². The van der Waals surface area contributed by atoms with E-state index < -0.39 is 10.8 Å². The fourth-order valence-electron chi connectivity index (χ4n) is 2.85. The lowest BCUT2D eigenvalue weighted by molar-refractivity contribution is 0.201. The van der Waals surface area contributed by atoms with Gasteiger partial charge in [-0.05, 0) is 37.3 Å². The Kier molecular flexibility index (Phi) is 6.04. The van der Waals surface area contributed by atoms with Gasteiger partial charge in [0, 0.05) is 16.6 Å². The molecule has 3 heteroatoms. The number of hydrogen-bond acceptors (Lipinski definition) is 2. The SMILES string of the molecule is CCC1(CO/C=C(/C)c2ccccc2)CCCCCS1=O. The third kappa shape index (κ3) is 4.19. The summed E-state index contributed by atoms with van der Waals surface area (Å²) in [6, 6.07) is 10.2. The molecule has 1 aliphatic heterocycles. The molecular weight excluding hydrogens is 280 g/mol. The van der Waals surface area contributed by atoms with Gasteiger partial charge in [0.05, 0.1) is 11.0 Å². The molecule has 0 saturated carbocycles. The lowest BCUT2D eigenvalue weighted by Crippen LogP contribution is -2.38. The zero-order valence-corrected chi connectivity index (χ0v) is 14.0. The van der Waals surface area contributed by atoms with E-state index in [0.717, 1.165) is 30.6 Å². The van der Waals surface area contributed by atoms with E-state index in [2.05, 4.69) is 26.0 Å². The smallest absolute Gasteiger partial charge is 0.104 e. The standard InChI is InChI=1S/C18H26O2S/c1-3-18(12-8-5-9-13-21(18)19)15-20-14-16(2)17-10-6-4-7-11-17/h4,6-7,10-11,14H,3,5,8-9,12-13,15H2,1-2H3/b16-14-. The summed E-state index contributed by atoms with van der Waals surface area (Å²) in [6.45, 7) is 4.76. The Bertz CT molecular complexity index is 495. The van der Waals surface area contributed by atoms with Crippen LogP contribution in [0.1, 0.15) is 51.5 Å². The summed E-state index contributed by atoms with van der Waals surface area (Å²) in [5.74, 6) is 0.832. The van der Waals surface area contributed by atoms with Crippen molar-refractivity contribution in [1.82, 2.24) is 0 Å². The van der Waals surface area contributed by atoms with Crippen LogP contribution < -0.4 is 0 Å². The van der Waals surface area contributed by atoms with Gasteiger partial charge in [-0.1, -0.05) is 50.1 Å². The molecule has 1 fully saturated rings. The zero-order valence-electron chi connectivity index (χ0n) is 13.1. The number of rotatable bonds is 5. The second-order valence-electron chi connectivity index (χ2n) is 5.87. The minimum Gasteiger partial charge on any atom is -0.499 e. The Balaban J connectivity index is 2.01. The highest BCUT2D eigenvalue weighted by molar-refractivity contribution is 7.86. The Hall–Kier alpha value is -1.09. The number of benzene rings is 1. The maximum Gasteiger partial charge on any atom is 0.104 e. The van der Waals surface area contributed by atoms with E-state index in [1.807, 2.05) is 24.5 Å². The number of ether oxygens (including phenoxy) is 1. The molecule has 0 aliphatic carbocycles. The summed E-state index contributed by atoms with van der Waals surface area (Å²) in [6.07, 6.45) is 7.24. The lowest BCUT2D eigenvalue weighted by atomic mass is 9.99. The van der Waals surface area contributed by atoms with Crippen molar-refractivity contribution in [1.29, 1.82) is 0 Å². The molecule has 2 atom stereocenters. The van der Waals surface area contributed by atoms with Crippen molar-refractivity contribution >= 4 is 16.4 Å². The average Bonchev–Trinajstić information content (AvgIpc) is 2.71. The minimum absolute atomic E-state index is 0.149. The van der Waals surface area contributed by atoms with Crippen LogP contribution >= 0.6 is 0 Å². The molecule has 1 heterocycles. The van der Waals surface area contributed by atoms with Gasteiger partial charge in [0.15, 0.2) is 0 Å². The van der Waals surface area contributed by atoms with Crippen LogP contribution in [0.15, 0.2) is 36.6 Å². The normalized spacial score (nSPS) is 27.1. The Morgan fingerprint density at radius 2 is 2.05 bits per heavy atom. The predicted octanol–water partition coefficient (Wildman–Crippen LogP) is 4.54. The highest BCUT2D eigenvalue weighted by Crippen LogP contribution is 2.31. The van der Waals surface area contributed by atoms with Crippen molar-refractivity contribution in [2.45, 2.75) is 50.7 Å². The average molecular weight is 306 g/mol. The summed E-state index contributed by atoms with van der Waals surface area (Å²) < 4.78 is 18.2. The second kappa shape index (κ2) is 7.79. The van der Waals surface area contributed by atoms with Crippen molar-refractivity contribution in [3.8, 4) is 0 Å². The fraction of sp³-hybridized carbons (Fsp3) is 0.556. The van der Waals surface area contributed by atoms with Gasteiger partial charge in [0.2, 0.25) is 0 Å². The molecule has 116 valence electrons. The molecule has 1 aliphatic rings. The van der Waals surface area contributed by atoms with Crippen LogP contribution in [-0.2, 0) is 15.5 Å². The first-order chi connectivity index (χ1) is 10.2. The maximum atomic E-state index is 12.5. The quantitative estimate of drug-likeness (QED) is 0.747. The van der Waals surface area contributed by atoms with Gasteiger partial charge in [0.1, 0.15) is 6.61 Å². The molecule has 2 unspecified atom stereocenters. The molecule has 0 N–H and O–H groups in total. The van der Waals surface area contributed by atoms with Crippen LogP contribution in [-0.4, -0.2) is 21.3 Å². The first-order valence-corrected chi connectivity index (χ1v) is 9.22. The minimum atomic E-state index is -0.767. The summed E-state index contributed by atoms with van der Waals surface area (Å²) in [7, 11) is -0.767. The van der Waals surface area contributed by atoms with E-state index >= 15 is 0 Å². The number of hydrogen-bond donors (Lipinski definition) is 0. The molecule has 1 aromatic carbocycles. The first-order valence-electron chi connectivity index (χ1n) is 7.90. The van der Waals surface area contributed by atoms with E-state index in [0.29, 0.717) is 6.61 Å². The van der Waals surface area contributed by atoms with E-state index in [1.165, 1.54) is 18.4 Å². The van der Waals surface area contributed by atoms with Gasteiger partial charge in [-0.2, -0.15) is 0 Å². The molecule has 1 saturated heterocycles. The Labute approximate surface area is 131 Å². The van der Waals surface area contributed by atoms with Gasteiger partial charge in [-0.15, -0.1) is 0 Å². The van der Waals surface area contributed by atoms with Gasteiger partial charge in [0.25, 0.3) is 0 Å². The molecule has 2 rings (SSSR count). The van der Waals surface area contributed by atoms with Gasteiger partial charge >= 0.3 is 0 Å². The van der Waals surface area contributed by atoms with Crippen LogP contribution in [0.2, 0.25) is 0 Å². The molecule has 1 aromatic rings. The summed E-state index contributed by atoms with van der Waals surface area (Å²) in [5, 5.41) is 0. The van der Waals surface area contributed by atoms with Crippen molar-refractivity contribution in [3.63, 3.8) is 0 Å². The lowest BCUT2D eigenvalue weighted by Gasteiger charge is -2.29. The molecular formula is C18H26O2S. The van der Waals surface area contributed by atoms with Crippen LogP contribution in [0, 0.1) is 0 Å². The van der Waals surface area contributed by atoms with Crippen molar-refractivity contribution in [3.05, 3.63) is 42.2 Å². The van der Waals surface area contributed by atoms with E-state index in [4.69, 9.17) is 4.74 Å². The topological polar surface area (TPSA) is 26.3 Å². The van der Waals surface area contributed by atoms with Gasteiger partial charge in [-0.3, -0.25) is 4.21 Å². The Morgan fingerprint density at radius 3 is 2.76 bits per heavy atom. The summed E-state index contributed by atoms with van der Waals surface area (Å²) in [4.78, 5) is 0. The van der Waals surface area contributed by atoms with Crippen LogP contribution in [0.5, 0.6) is 0 Å². The van der Waals surface area contributed by atoms with Crippen LogP contribution in [0.3, 0.4) is 0 Å². The van der Waals surface area contributed by atoms with Crippen molar-refractivity contribution in [2.24, 2.45) is 0 Å². The maximum absolute atomic E-state index is 12.5. The molecule has 21 heavy (non-hydrogen) atoms. The van der Waals surface area contributed by atoms with Crippen LogP contribution in [0.25, 0.3) is 5.57 Å². The van der Waals surface area contributed by atoms with Crippen LogP contribution in [0.4, 0.5) is 0 Å². The van der Waals surface area contributed by atoms with E-state index in [1.54, 1.807) is 0 Å². The number of allylic oxidation sites excluding steroid dienone is 1. The zero-order chi connectivity index (χ0) is 15.1. The van der Waals surface area contributed by atoms with E-state index in [9.17, 15) is 4.21 Å². The molecule has 2 nitrogen and oxygen atoms in total.